The minimum Gasteiger partial charge on any atom is -0.257 e. The third-order valence-corrected chi connectivity index (χ3v) is 7.57. The molecule has 0 radical (unpaired) electrons. The fourth-order valence-electron chi connectivity index (χ4n) is 5.17. The van der Waals surface area contributed by atoms with Crippen molar-refractivity contribution in [2.45, 2.75) is 193 Å². The van der Waals surface area contributed by atoms with Crippen LogP contribution in [0.15, 0.2) is 0 Å². The minimum absolute atomic E-state index is 0.976. The monoisotopic (exact) mass is 497 g/mol. The summed E-state index contributed by atoms with van der Waals surface area (Å²) < 4.78 is 0. The van der Waals surface area contributed by atoms with Gasteiger partial charge in [0.15, 0.2) is 0 Å². The van der Waals surface area contributed by atoms with Crippen LogP contribution in [0.4, 0.5) is 0 Å². The van der Waals surface area contributed by atoms with E-state index in [-0.39, 0.29) is 0 Å². The van der Waals surface area contributed by atoms with Crippen molar-refractivity contribution in [3.63, 3.8) is 0 Å². The van der Waals surface area contributed by atoms with Gasteiger partial charge in [0.1, 0.15) is 0 Å². The van der Waals surface area contributed by atoms with Crippen LogP contribution in [0.2, 0.25) is 0 Å². The Morgan fingerprint density at radius 3 is 0.800 bits per heavy atom. The van der Waals surface area contributed by atoms with Gasteiger partial charge >= 0.3 is 0 Å². The second-order valence-electron chi connectivity index (χ2n) is 11.1. The highest BCUT2D eigenvalue weighted by atomic mass is 15.7. The standard InChI is InChI=1S/C31H68N4/c1-2-3-4-5-6-7-8-9-10-11-12-13-14-15-16-17-18-19-20-21-22-23-24-25-26-27-28-29-30-31-33-35-34-32/h33-35H,2-32H2,1H3. The van der Waals surface area contributed by atoms with Crippen LogP contribution in [-0.2, 0) is 0 Å². The fraction of sp³-hybridized carbons (Fsp3) is 1.00. The molecule has 0 aliphatic rings. The lowest BCUT2D eigenvalue weighted by molar-refractivity contribution is 0.431. The molecule has 35 heavy (non-hydrogen) atoms. The Hall–Kier alpha value is -0.160. The van der Waals surface area contributed by atoms with Crippen molar-refractivity contribution >= 4 is 0 Å². The lowest BCUT2D eigenvalue weighted by Crippen LogP contribution is -2.47. The minimum atomic E-state index is 0.976. The van der Waals surface area contributed by atoms with Gasteiger partial charge in [-0.3, -0.25) is 5.84 Å². The number of unbranched alkanes of at least 4 members (excludes halogenated alkanes) is 28. The average Bonchev–Trinajstić information content (AvgIpc) is 2.87. The molecular formula is C31H68N4. The number of rotatable bonds is 32. The van der Waals surface area contributed by atoms with E-state index in [0.29, 0.717) is 0 Å². The zero-order valence-electron chi connectivity index (χ0n) is 24.3. The van der Waals surface area contributed by atoms with E-state index in [9.17, 15) is 0 Å². The number of hydrogen-bond acceptors (Lipinski definition) is 4. The molecule has 0 saturated carbocycles. The van der Waals surface area contributed by atoms with E-state index >= 15 is 0 Å². The molecule has 0 aliphatic carbocycles. The Kier molecular flexibility index (Phi) is 33.7. The molecule has 0 saturated heterocycles. The van der Waals surface area contributed by atoms with Gasteiger partial charge in [-0.05, 0) is 6.42 Å². The van der Waals surface area contributed by atoms with Gasteiger partial charge < -0.3 is 0 Å². The summed E-state index contributed by atoms with van der Waals surface area (Å²) in [4.78, 5) is 0. The normalized spacial score (nSPS) is 11.5. The van der Waals surface area contributed by atoms with Crippen LogP contribution in [0.3, 0.4) is 0 Å². The highest BCUT2D eigenvalue weighted by Crippen LogP contribution is 2.16. The molecule has 0 spiro atoms. The van der Waals surface area contributed by atoms with Crippen LogP contribution in [0.1, 0.15) is 193 Å². The maximum absolute atomic E-state index is 5.12. The maximum Gasteiger partial charge on any atom is 0.0113 e. The second kappa shape index (κ2) is 33.8. The summed E-state index contributed by atoms with van der Waals surface area (Å²) in [5, 5.41) is 0. The third kappa shape index (κ3) is 33.8. The lowest BCUT2D eigenvalue weighted by atomic mass is 10.0. The highest BCUT2D eigenvalue weighted by molar-refractivity contribution is 4.52. The summed E-state index contributed by atoms with van der Waals surface area (Å²) >= 11 is 0. The van der Waals surface area contributed by atoms with Gasteiger partial charge in [0, 0.05) is 6.54 Å². The number of hydrogen-bond donors (Lipinski definition) is 4. The average molecular weight is 497 g/mol. The Labute approximate surface area is 222 Å². The van der Waals surface area contributed by atoms with Crippen LogP contribution in [-0.4, -0.2) is 6.54 Å². The first-order chi connectivity index (χ1) is 17.4. The van der Waals surface area contributed by atoms with Gasteiger partial charge in [-0.1, -0.05) is 187 Å². The second-order valence-corrected chi connectivity index (χ2v) is 11.1. The highest BCUT2D eigenvalue weighted by Gasteiger charge is 1.97. The summed E-state index contributed by atoms with van der Waals surface area (Å²) in [6.45, 7) is 3.28. The third-order valence-electron chi connectivity index (χ3n) is 7.57. The Morgan fingerprint density at radius 1 is 0.343 bits per heavy atom. The largest absolute Gasteiger partial charge is 0.257 e. The van der Waals surface area contributed by atoms with E-state index in [4.69, 9.17) is 5.84 Å². The van der Waals surface area contributed by atoms with E-state index in [1.54, 1.807) is 0 Å². The summed E-state index contributed by atoms with van der Waals surface area (Å²) in [5.74, 6) is 5.12. The lowest BCUT2D eigenvalue weighted by Gasteiger charge is -2.05. The van der Waals surface area contributed by atoms with E-state index in [1.165, 1.54) is 186 Å². The Bertz CT molecular complexity index is 319. The smallest absolute Gasteiger partial charge is 0.0113 e. The molecule has 0 bridgehead atoms. The number of nitrogens with two attached hydrogens (primary N) is 1. The molecule has 0 unspecified atom stereocenters. The maximum atomic E-state index is 5.12. The Balaban J connectivity index is 3.00. The molecule has 0 aromatic heterocycles. The molecule has 0 atom stereocenters. The molecule has 212 valence electrons. The zero-order valence-corrected chi connectivity index (χ0v) is 24.3. The van der Waals surface area contributed by atoms with Gasteiger partial charge in [-0.2, -0.15) is 11.1 Å². The number of nitrogens with one attached hydrogen (secondary N) is 3. The fourth-order valence-corrected chi connectivity index (χ4v) is 5.17. The molecule has 0 fully saturated rings. The first-order valence-electron chi connectivity index (χ1n) is 16.3. The van der Waals surface area contributed by atoms with E-state index in [0.717, 1.165) is 6.54 Å². The molecule has 4 nitrogen and oxygen atoms in total. The van der Waals surface area contributed by atoms with Crippen molar-refractivity contribution in [3.8, 4) is 0 Å². The summed E-state index contributed by atoms with van der Waals surface area (Å²) in [7, 11) is 0. The molecule has 0 aromatic rings. The van der Waals surface area contributed by atoms with Crippen LogP contribution in [0.25, 0.3) is 0 Å². The predicted molar refractivity (Wildman–Crippen MR) is 158 cm³/mol. The quantitative estimate of drug-likeness (QED) is 0.0425. The summed E-state index contributed by atoms with van der Waals surface area (Å²) in [6, 6.07) is 0. The number of hydrazine groups is 3. The first kappa shape index (κ1) is 34.8. The molecule has 0 rings (SSSR count). The molecule has 0 amide bonds. The van der Waals surface area contributed by atoms with E-state index in [2.05, 4.69) is 23.4 Å². The van der Waals surface area contributed by atoms with Crippen molar-refractivity contribution in [3.05, 3.63) is 0 Å². The van der Waals surface area contributed by atoms with Gasteiger partial charge in [-0.25, -0.2) is 5.43 Å². The van der Waals surface area contributed by atoms with Gasteiger partial charge in [0.05, 0.1) is 0 Å². The molecule has 0 aromatic carbocycles. The van der Waals surface area contributed by atoms with E-state index < -0.39 is 0 Å². The van der Waals surface area contributed by atoms with Crippen molar-refractivity contribution in [2.75, 3.05) is 6.54 Å². The van der Waals surface area contributed by atoms with Gasteiger partial charge in [-0.15, -0.1) is 0 Å². The van der Waals surface area contributed by atoms with Crippen LogP contribution in [0.5, 0.6) is 0 Å². The van der Waals surface area contributed by atoms with E-state index in [1.807, 2.05) is 0 Å². The molecular weight excluding hydrogens is 428 g/mol. The van der Waals surface area contributed by atoms with Crippen molar-refractivity contribution < 1.29 is 0 Å². The summed E-state index contributed by atoms with van der Waals surface area (Å²) in [6.07, 6.45) is 42.0. The van der Waals surface area contributed by atoms with Crippen LogP contribution in [0, 0.1) is 0 Å². The van der Waals surface area contributed by atoms with Crippen molar-refractivity contribution in [1.29, 1.82) is 0 Å². The molecule has 0 aliphatic heterocycles. The van der Waals surface area contributed by atoms with Crippen molar-refractivity contribution in [2.24, 2.45) is 5.84 Å². The molecule has 4 heteroatoms. The van der Waals surface area contributed by atoms with Gasteiger partial charge in [0.2, 0.25) is 0 Å². The van der Waals surface area contributed by atoms with Crippen LogP contribution < -0.4 is 22.3 Å². The molecule has 5 N–H and O–H groups in total. The predicted octanol–water partition coefficient (Wildman–Crippen LogP) is 9.79. The first-order valence-corrected chi connectivity index (χ1v) is 16.3. The Morgan fingerprint density at radius 2 is 0.571 bits per heavy atom. The summed E-state index contributed by atoms with van der Waals surface area (Å²) in [5.41, 5.74) is 8.10. The zero-order chi connectivity index (χ0) is 25.3. The van der Waals surface area contributed by atoms with Crippen molar-refractivity contribution in [1.82, 2.24) is 16.5 Å². The SMILES string of the molecule is CCCCCCCCCCCCCCCCCCCCCCCCCCCCCCCNNNN. The van der Waals surface area contributed by atoms with Crippen LogP contribution >= 0.6 is 0 Å². The topological polar surface area (TPSA) is 62.1 Å². The van der Waals surface area contributed by atoms with Gasteiger partial charge in [0.25, 0.3) is 0 Å². The molecule has 0 heterocycles.